The maximum Gasteiger partial charge on any atom is 0.389 e. The molecule has 3 nitrogen and oxygen atoms in total. The first kappa shape index (κ1) is 16.5. The Morgan fingerprint density at radius 2 is 2.05 bits per heavy atom. The summed E-state index contributed by atoms with van der Waals surface area (Å²) in [5, 5.41) is 5.71. The molecule has 0 aromatic heterocycles. The standard InChI is InChI=1S/C14H19F3N2O/c1-3-18-10(2)11-5-4-6-12(9-11)19-13(20)7-8-14(15,16)17/h4-6,9-10,18H,3,7-8H2,1-2H3,(H,19,20). The van der Waals surface area contributed by atoms with Crippen molar-refractivity contribution in [3.63, 3.8) is 0 Å². The summed E-state index contributed by atoms with van der Waals surface area (Å²) >= 11 is 0. The van der Waals surface area contributed by atoms with Crippen LogP contribution >= 0.6 is 0 Å². The second-order valence-corrected chi connectivity index (χ2v) is 4.57. The molecule has 1 aromatic rings. The van der Waals surface area contributed by atoms with Crippen molar-refractivity contribution in [2.45, 2.75) is 38.9 Å². The Bertz CT molecular complexity index is 446. The average Bonchev–Trinajstić information content (AvgIpc) is 2.36. The Hall–Kier alpha value is -1.56. The summed E-state index contributed by atoms with van der Waals surface area (Å²) in [4.78, 5) is 11.4. The number of anilines is 1. The van der Waals surface area contributed by atoms with Gasteiger partial charge in [-0.15, -0.1) is 0 Å². The first-order valence-electron chi connectivity index (χ1n) is 6.51. The van der Waals surface area contributed by atoms with Crippen LogP contribution in [0.3, 0.4) is 0 Å². The Balaban J connectivity index is 2.59. The van der Waals surface area contributed by atoms with Gasteiger partial charge in [-0.2, -0.15) is 13.2 Å². The fourth-order valence-corrected chi connectivity index (χ4v) is 1.79. The van der Waals surface area contributed by atoms with Gasteiger partial charge in [-0.3, -0.25) is 4.79 Å². The highest BCUT2D eigenvalue weighted by molar-refractivity contribution is 5.90. The Kier molecular flexibility index (Phi) is 6.01. The van der Waals surface area contributed by atoms with E-state index >= 15 is 0 Å². The number of nitrogens with one attached hydrogen (secondary N) is 2. The Morgan fingerprint density at radius 3 is 2.65 bits per heavy atom. The second-order valence-electron chi connectivity index (χ2n) is 4.57. The molecule has 0 heterocycles. The summed E-state index contributed by atoms with van der Waals surface area (Å²) in [6, 6.07) is 7.21. The van der Waals surface area contributed by atoms with Crippen LogP contribution in [0.15, 0.2) is 24.3 Å². The van der Waals surface area contributed by atoms with Crippen LogP contribution in [0.4, 0.5) is 18.9 Å². The van der Waals surface area contributed by atoms with Gasteiger partial charge in [0.1, 0.15) is 0 Å². The summed E-state index contributed by atoms with van der Waals surface area (Å²) in [5.41, 5.74) is 1.49. The zero-order valence-electron chi connectivity index (χ0n) is 11.6. The summed E-state index contributed by atoms with van der Waals surface area (Å²) < 4.78 is 36.1. The van der Waals surface area contributed by atoms with E-state index in [1.54, 1.807) is 18.2 Å². The number of carbonyl (C=O) groups is 1. The number of halogens is 3. The molecule has 1 unspecified atom stereocenters. The van der Waals surface area contributed by atoms with E-state index in [1.165, 1.54) is 0 Å². The highest BCUT2D eigenvalue weighted by Gasteiger charge is 2.27. The number of hydrogen-bond donors (Lipinski definition) is 2. The first-order chi connectivity index (χ1) is 9.31. The SMILES string of the molecule is CCNC(C)c1cccc(NC(=O)CCC(F)(F)F)c1. The smallest absolute Gasteiger partial charge is 0.326 e. The van der Waals surface area contributed by atoms with Gasteiger partial charge in [-0.05, 0) is 31.2 Å². The molecule has 0 radical (unpaired) electrons. The molecule has 112 valence electrons. The highest BCUT2D eigenvalue weighted by Crippen LogP contribution is 2.22. The van der Waals surface area contributed by atoms with Crippen LogP contribution in [0.1, 0.15) is 38.3 Å². The third-order valence-corrected chi connectivity index (χ3v) is 2.82. The molecule has 0 aliphatic heterocycles. The zero-order valence-corrected chi connectivity index (χ0v) is 11.6. The topological polar surface area (TPSA) is 41.1 Å². The summed E-state index contributed by atoms with van der Waals surface area (Å²) in [6.07, 6.45) is -5.97. The van der Waals surface area contributed by atoms with E-state index in [9.17, 15) is 18.0 Å². The maximum atomic E-state index is 12.0. The fraction of sp³-hybridized carbons (Fsp3) is 0.500. The third-order valence-electron chi connectivity index (χ3n) is 2.82. The molecule has 2 N–H and O–H groups in total. The van der Waals surface area contributed by atoms with Crippen molar-refractivity contribution in [1.82, 2.24) is 5.32 Å². The van der Waals surface area contributed by atoms with Crippen LogP contribution in [0.25, 0.3) is 0 Å². The summed E-state index contributed by atoms with van der Waals surface area (Å²) in [7, 11) is 0. The summed E-state index contributed by atoms with van der Waals surface area (Å²) in [6.45, 7) is 4.77. The van der Waals surface area contributed by atoms with E-state index in [2.05, 4.69) is 10.6 Å². The zero-order chi connectivity index (χ0) is 15.2. The first-order valence-corrected chi connectivity index (χ1v) is 6.51. The van der Waals surface area contributed by atoms with Crippen molar-refractivity contribution in [2.24, 2.45) is 0 Å². The van der Waals surface area contributed by atoms with Crippen molar-refractivity contribution in [3.05, 3.63) is 29.8 Å². The lowest BCUT2D eigenvalue weighted by Crippen LogP contribution is -2.19. The molecule has 1 aromatic carbocycles. The van der Waals surface area contributed by atoms with Crippen molar-refractivity contribution in [1.29, 1.82) is 0 Å². The van der Waals surface area contributed by atoms with Crippen molar-refractivity contribution >= 4 is 11.6 Å². The Morgan fingerprint density at radius 1 is 1.35 bits per heavy atom. The van der Waals surface area contributed by atoms with Gasteiger partial charge in [0.2, 0.25) is 5.91 Å². The molecule has 1 atom stereocenters. The molecule has 0 fully saturated rings. The van der Waals surface area contributed by atoms with Gasteiger partial charge < -0.3 is 10.6 Å². The van der Waals surface area contributed by atoms with Gasteiger partial charge in [0, 0.05) is 18.2 Å². The van der Waals surface area contributed by atoms with E-state index in [0.29, 0.717) is 5.69 Å². The molecule has 1 amide bonds. The molecule has 0 saturated heterocycles. The number of amides is 1. The lowest BCUT2D eigenvalue weighted by molar-refractivity contribution is -0.142. The minimum Gasteiger partial charge on any atom is -0.326 e. The molecule has 0 spiro atoms. The minimum absolute atomic E-state index is 0.118. The third kappa shape index (κ3) is 6.06. The van der Waals surface area contributed by atoms with Gasteiger partial charge in [0.15, 0.2) is 0 Å². The molecule has 6 heteroatoms. The molecule has 1 rings (SSSR count). The van der Waals surface area contributed by atoms with Gasteiger partial charge in [-0.25, -0.2) is 0 Å². The molecule has 0 bridgehead atoms. The van der Waals surface area contributed by atoms with Crippen LogP contribution in [0.2, 0.25) is 0 Å². The van der Waals surface area contributed by atoms with E-state index < -0.39 is 24.9 Å². The molecule has 0 saturated carbocycles. The van der Waals surface area contributed by atoms with Gasteiger partial charge in [0.05, 0.1) is 6.42 Å². The van der Waals surface area contributed by atoms with Crippen molar-refractivity contribution in [3.8, 4) is 0 Å². The number of benzene rings is 1. The molecular formula is C14H19F3N2O. The molecular weight excluding hydrogens is 269 g/mol. The van der Waals surface area contributed by atoms with Gasteiger partial charge >= 0.3 is 6.18 Å². The number of rotatable bonds is 6. The van der Waals surface area contributed by atoms with E-state index in [0.717, 1.165) is 12.1 Å². The fourth-order valence-electron chi connectivity index (χ4n) is 1.79. The predicted molar refractivity (Wildman–Crippen MR) is 72.5 cm³/mol. The predicted octanol–water partition coefficient (Wildman–Crippen LogP) is 3.64. The van der Waals surface area contributed by atoms with Gasteiger partial charge in [-0.1, -0.05) is 19.1 Å². The number of hydrogen-bond acceptors (Lipinski definition) is 2. The maximum absolute atomic E-state index is 12.0. The monoisotopic (exact) mass is 288 g/mol. The van der Waals surface area contributed by atoms with Crippen molar-refractivity contribution in [2.75, 3.05) is 11.9 Å². The lowest BCUT2D eigenvalue weighted by atomic mass is 10.1. The molecule has 0 aliphatic carbocycles. The normalized spacial score (nSPS) is 13.1. The van der Waals surface area contributed by atoms with Gasteiger partial charge in [0.25, 0.3) is 0 Å². The van der Waals surface area contributed by atoms with Crippen LogP contribution in [0.5, 0.6) is 0 Å². The minimum atomic E-state index is -4.31. The van der Waals surface area contributed by atoms with E-state index in [1.807, 2.05) is 19.9 Å². The second kappa shape index (κ2) is 7.28. The summed E-state index contributed by atoms with van der Waals surface area (Å²) in [5.74, 6) is -0.629. The molecule has 20 heavy (non-hydrogen) atoms. The van der Waals surface area contributed by atoms with Crippen LogP contribution in [-0.4, -0.2) is 18.6 Å². The molecule has 0 aliphatic rings. The number of carbonyl (C=O) groups excluding carboxylic acids is 1. The largest absolute Gasteiger partial charge is 0.389 e. The van der Waals surface area contributed by atoms with E-state index in [-0.39, 0.29) is 6.04 Å². The number of alkyl halides is 3. The van der Waals surface area contributed by atoms with Crippen molar-refractivity contribution < 1.29 is 18.0 Å². The van der Waals surface area contributed by atoms with Crippen LogP contribution in [0, 0.1) is 0 Å². The average molecular weight is 288 g/mol. The lowest BCUT2D eigenvalue weighted by Gasteiger charge is -2.14. The highest BCUT2D eigenvalue weighted by atomic mass is 19.4. The van der Waals surface area contributed by atoms with Crippen LogP contribution in [-0.2, 0) is 4.79 Å². The Labute approximate surface area is 116 Å². The van der Waals surface area contributed by atoms with Crippen LogP contribution < -0.4 is 10.6 Å². The van der Waals surface area contributed by atoms with E-state index in [4.69, 9.17) is 0 Å². The quantitative estimate of drug-likeness (QED) is 0.839.